The summed E-state index contributed by atoms with van der Waals surface area (Å²) in [6.07, 6.45) is 7.26. The molecule has 0 aromatic heterocycles. The minimum atomic E-state index is 0.261. The third kappa shape index (κ3) is 3.79. The van der Waals surface area contributed by atoms with E-state index < -0.39 is 0 Å². The molecule has 0 amide bonds. The second-order valence-corrected chi connectivity index (χ2v) is 4.60. The van der Waals surface area contributed by atoms with Crippen LogP contribution in [0.25, 0.3) is 0 Å². The Morgan fingerprint density at radius 3 is 2.38 bits per heavy atom. The molecule has 1 saturated heterocycles. The van der Waals surface area contributed by atoms with Crippen LogP contribution in [0.5, 0.6) is 0 Å². The van der Waals surface area contributed by atoms with E-state index in [2.05, 4.69) is 37.1 Å². The summed E-state index contributed by atoms with van der Waals surface area (Å²) in [6.45, 7) is 8.98. The number of rotatable bonds is 3. The Balaban J connectivity index is 2.37. The van der Waals surface area contributed by atoms with Crippen LogP contribution in [0, 0.1) is 5.41 Å². The molecule has 0 saturated carbocycles. The van der Waals surface area contributed by atoms with Crippen molar-refractivity contribution in [3.63, 3.8) is 0 Å². The predicted molar refractivity (Wildman–Crippen MR) is 58.0 cm³/mol. The largest absolute Gasteiger partial charge is 0.297 e. The fourth-order valence-corrected chi connectivity index (χ4v) is 1.32. The van der Waals surface area contributed by atoms with Crippen molar-refractivity contribution in [3.05, 3.63) is 0 Å². The maximum Gasteiger partial charge on any atom is 0.0360 e. The van der Waals surface area contributed by atoms with E-state index in [1.54, 1.807) is 0 Å². The normalized spacial score (nSPS) is 19.8. The fourth-order valence-electron chi connectivity index (χ4n) is 1.32. The Labute approximate surface area is 82.0 Å². The van der Waals surface area contributed by atoms with Crippen molar-refractivity contribution in [1.82, 2.24) is 5.01 Å². The van der Waals surface area contributed by atoms with Gasteiger partial charge in [0, 0.05) is 24.7 Å². The van der Waals surface area contributed by atoms with Crippen molar-refractivity contribution in [1.29, 1.82) is 0 Å². The molecule has 0 bridgehead atoms. The van der Waals surface area contributed by atoms with E-state index in [0.29, 0.717) is 0 Å². The lowest BCUT2D eigenvalue weighted by Crippen LogP contribution is -2.26. The lowest BCUT2D eigenvalue weighted by atomic mass is 9.92. The zero-order valence-electron chi connectivity index (χ0n) is 9.21. The molecule has 76 valence electrons. The van der Waals surface area contributed by atoms with Crippen LogP contribution in [-0.2, 0) is 0 Å². The van der Waals surface area contributed by atoms with E-state index in [-0.39, 0.29) is 5.41 Å². The molecule has 1 heterocycles. The van der Waals surface area contributed by atoms with Gasteiger partial charge in [0.2, 0.25) is 0 Å². The first-order valence-corrected chi connectivity index (χ1v) is 5.44. The van der Waals surface area contributed by atoms with Gasteiger partial charge < -0.3 is 0 Å². The number of hydrazone groups is 1. The Hall–Kier alpha value is -0.530. The van der Waals surface area contributed by atoms with Crippen molar-refractivity contribution in [2.24, 2.45) is 10.5 Å². The molecule has 13 heavy (non-hydrogen) atoms. The third-order valence-corrected chi connectivity index (χ3v) is 2.81. The van der Waals surface area contributed by atoms with Crippen LogP contribution < -0.4 is 0 Å². The Morgan fingerprint density at radius 1 is 1.23 bits per heavy atom. The molecule has 1 aliphatic rings. The van der Waals surface area contributed by atoms with Gasteiger partial charge in [-0.1, -0.05) is 20.8 Å². The molecule has 0 aromatic carbocycles. The van der Waals surface area contributed by atoms with Crippen molar-refractivity contribution < 1.29 is 0 Å². The highest BCUT2D eigenvalue weighted by atomic mass is 15.4. The third-order valence-electron chi connectivity index (χ3n) is 2.81. The molecular formula is C11H22N2. The average Bonchev–Trinajstić information content (AvgIpc) is 2.17. The summed E-state index contributed by atoms with van der Waals surface area (Å²) < 4.78 is 0. The number of hydrogen-bond donors (Lipinski definition) is 0. The van der Waals surface area contributed by atoms with E-state index in [1.165, 1.54) is 19.3 Å². The zero-order valence-corrected chi connectivity index (χ0v) is 9.21. The lowest BCUT2D eigenvalue weighted by molar-refractivity contribution is 0.237. The van der Waals surface area contributed by atoms with Gasteiger partial charge in [0.25, 0.3) is 0 Å². The van der Waals surface area contributed by atoms with E-state index in [9.17, 15) is 0 Å². The summed E-state index contributed by atoms with van der Waals surface area (Å²) >= 11 is 0. The van der Waals surface area contributed by atoms with Gasteiger partial charge in [0.05, 0.1) is 0 Å². The minimum absolute atomic E-state index is 0.261. The van der Waals surface area contributed by atoms with E-state index in [1.807, 2.05) is 0 Å². The highest BCUT2D eigenvalue weighted by Crippen LogP contribution is 2.17. The Kier molecular flexibility index (Phi) is 3.76. The number of nitrogens with zero attached hydrogens (tertiary/aromatic N) is 2. The summed E-state index contributed by atoms with van der Waals surface area (Å²) in [7, 11) is 0. The number of piperidine rings is 1. The highest BCUT2D eigenvalue weighted by Gasteiger charge is 2.13. The summed E-state index contributed by atoms with van der Waals surface area (Å²) in [5.74, 6) is 0. The molecule has 2 nitrogen and oxygen atoms in total. The smallest absolute Gasteiger partial charge is 0.0360 e. The molecule has 0 unspecified atom stereocenters. The van der Waals surface area contributed by atoms with Gasteiger partial charge in [0.15, 0.2) is 0 Å². The molecule has 0 N–H and O–H groups in total. The number of hydrogen-bond acceptors (Lipinski definition) is 2. The first-order chi connectivity index (χ1) is 6.14. The van der Waals surface area contributed by atoms with Crippen LogP contribution in [-0.4, -0.2) is 24.3 Å². The molecule has 1 rings (SSSR count). The van der Waals surface area contributed by atoms with Gasteiger partial charge in [0.1, 0.15) is 0 Å². The quantitative estimate of drug-likeness (QED) is 0.613. The zero-order chi connectivity index (χ0) is 9.73. The molecular weight excluding hydrogens is 160 g/mol. The maximum absolute atomic E-state index is 4.53. The van der Waals surface area contributed by atoms with Gasteiger partial charge in [-0.05, 0) is 25.7 Å². The summed E-state index contributed by atoms with van der Waals surface area (Å²) in [5, 5.41) is 6.74. The van der Waals surface area contributed by atoms with Gasteiger partial charge in [-0.2, -0.15) is 5.10 Å². The van der Waals surface area contributed by atoms with Crippen molar-refractivity contribution >= 4 is 6.21 Å². The summed E-state index contributed by atoms with van der Waals surface area (Å²) in [6, 6.07) is 0. The van der Waals surface area contributed by atoms with E-state index >= 15 is 0 Å². The molecule has 2 heteroatoms. The van der Waals surface area contributed by atoms with Crippen LogP contribution in [0.4, 0.5) is 0 Å². The SMILES string of the molecule is CCC(C)(C)/C=N/N1CCCCC1. The summed E-state index contributed by atoms with van der Waals surface area (Å²) in [5.41, 5.74) is 0.261. The maximum atomic E-state index is 4.53. The predicted octanol–water partition coefficient (Wildman–Crippen LogP) is 2.89. The van der Waals surface area contributed by atoms with E-state index in [4.69, 9.17) is 0 Å². The van der Waals surface area contributed by atoms with Crippen molar-refractivity contribution in [3.8, 4) is 0 Å². The minimum Gasteiger partial charge on any atom is -0.297 e. The van der Waals surface area contributed by atoms with Crippen molar-refractivity contribution in [2.75, 3.05) is 13.1 Å². The Bertz CT molecular complexity index is 167. The highest BCUT2D eigenvalue weighted by molar-refractivity contribution is 5.64. The second kappa shape index (κ2) is 4.64. The van der Waals surface area contributed by atoms with Crippen molar-refractivity contribution in [2.45, 2.75) is 46.5 Å². The topological polar surface area (TPSA) is 15.6 Å². The monoisotopic (exact) mass is 182 g/mol. The molecule has 0 aliphatic carbocycles. The Morgan fingerprint density at radius 2 is 1.85 bits per heavy atom. The summed E-state index contributed by atoms with van der Waals surface area (Å²) in [4.78, 5) is 0. The average molecular weight is 182 g/mol. The molecule has 0 radical (unpaired) electrons. The standard InChI is InChI=1S/C11H22N2/c1-4-11(2,3)10-12-13-8-6-5-7-9-13/h10H,4-9H2,1-3H3/b12-10+. The van der Waals surface area contributed by atoms with Gasteiger partial charge >= 0.3 is 0 Å². The fraction of sp³-hybridized carbons (Fsp3) is 0.909. The van der Waals surface area contributed by atoms with Gasteiger partial charge in [-0.15, -0.1) is 0 Å². The molecule has 0 atom stereocenters. The van der Waals surface area contributed by atoms with Gasteiger partial charge in [-0.3, -0.25) is 5.01 Å². The molecule has 1 aliphatic heterocycles. The molecule has 0 spiro atoms. The van der Waals surface area contributed by atoms with Gasteiger partial charge in [-0.25, -0.2) is 0 Å². The van der Waals surface area contributed by atoms with E-state index in [0.717, 1.165) is 19.5 Å². The first kappa shape index (κ1) is 10.6. The van der Waals surface area contributed by atoms with Crippen LogP contribution in [0.1, 0.15) is 46.5 Å². The molecule has 0 aromatic rings. The molecule has 1 fully saturated rings. The van der Waals surface area contributed by atoms with Crippen LogP contribution >= 0.6 is 0 Å². The van der Waals surface area contributed by atoms with Crippen LogP contribution in [0.3, 0.4) is 0 Å². The van der Waals surface area contributed by atoms with Crippen LogP contribution in [0.15, 0.2) is 5.10 Å². The second-order valence-electron chi connectivity index (χ2n) is 4.60. The lowest BCUT2D eigenvalue weighted by Gasteiger charge is -2.25. The van der Waals surface area contributed by atoms with Crippen LogP contribution in [0.2, 0.25) is 0 Å². The first-order valence-electron chi connectivity index (χ1n) is 5.44.